The molecule has 3 aromatic rings. The van der Waals surface area contributed by atoms with Crippen LogP contribution in [0.1, 0.15) is 19.4 Å². The van der Waals surface area contributed by atoms with Crippen molar-refractivity contribution in [3.8, 4) is 17.2 Å². The van der Waals surface area contributed by atoms with E-state index >= 15 is 0 Å². The fourth-order valence-corrected chi connectivity index (χ4v) is 4.46. The van der Waals surface area contributed by atoms with Gasteiger partial charge in [0.15, 0.2) is 18.1 Å². The van der Waals surface area contributed by atoms with Crippen LogP contribution in [-0.4, -0.2) is 67.5 Å². The molecule has 5 rings (SSSR count). The van der Waals surface area contributed by atoms with Gasteiger partial charge in [0.1, 0.15) is 5.75 Å². The summed E-state index contributed by atoms with van der Waals surface area (Å²) in [6, 6.07) is 19.9. The molecule has 42 heavy (non-hydrogen) atoms. The minimum atomic E-state index is -0.470. The lowest BCUT2D eigenvalue weighted by molar-refractivity contribution is -0.135. The van der Waals surface area contributed by atoms with E-state index in [1.54, 1.807) is 62.4 Å². The molecule has 0 unspecified atom stereocenters. The second-order valence-corrected chi connectivity index (χ2v) is 10.5. The summed E-state index contributed by atoms with van der Waals surface area (Å²) in [7, 11) is 0. The van der Waals surface area contributed by atoms with E-state index in [4.69, 9.17) is 42.1 Å². The zero-order valence-electron chi connectivity index (χ0n) is 23.4. The maximum Gasteiger partial charge on any atom is 0.411 e. The number of ether oxygens (including phenoxy) is 4. The predicted molar refractivity (Wildman–Crippen MR) is 165 cm³/mol. The Labute approximate surface area is 262 Å². The standard InChI is InChI=1S/C20H21ClN2O4.C10H12ClNO2.ClH/c21-16-2-4-17(5-3-16)25-13-20(24)23-9-7-22(8-10-23)12-15-1-6-18-19(11-15)27-14-26-18;1-7(2)14-10(13)12-9-5-3-4-8(11)6-9;/h1-6,11H,7-10,12-14H2;3-7H,1-2H3,(H,12,13);1H. The van der Waals surface area contributed by atoms with Gasteiger partial charge in [-0.2, -0.15) is 0 Å². The lowest BCUT2D eigenvalue weighted by Gasteiger charge is -2.34. The number of anilines is 1. The molecule has 2 heterocycles. The molecule has 1 N–H and O–H groups in total. The van der Waals surface area contributed by atoms with Crippen LogP contribution in [0.5, 0.6) is 17.2 Å². The van der Waals surface area contributed by atoms with Crippen LogP contribution in [-0.2, 0) is 16.1 Å². The third-order valence-corrected chi connectivity index (χ3v) is 6.64. The van der Waals surface area contributed by atoms with Gasteiger partial charge in [-0.1, -0.05) is 35.3 Å². The normalized spacial score (nSPS) is 13.9. The Bertz CT molecular complexity index is 1320. The number of benzene rings is 3. The van der Waals surface area contributed by atoms with Gasteiger partial charge < -0.3 is 23.8 Å². The van der Waals surface area contributed by atoms with Gasteiger partial charge in [0, 0.05) is 48.5 Å². The van der Waals surface area contributed by atoms with Gasteiger partial charge in [0.25, 0.3) is 5.91 Å². The zero-order valence-corrected chi connectivity index (χ0v) is 25.7. The number of fused-ring (bicyclic) bond motifs is 1. The van der Waals surface area contributed by atoms with Crippen molar-refractivity contribution in [1.29, 1.82) is 0 Å². The second-order valence-electron chi connectivity index (χ2n) is 9.68. The molecule has 2 aliphatic rings. The van der Waals surface area contributed by atoms with E-state index in [0.717, 1.165) is 31.1 Å². The maximum absolute atomic E-state index is 12.4. The summed E-state index contributed by atoms with van der Waals surface area (Å²) in [6.45, 7) is 7.82. The number of amides is 2. The monoisotopic (exact) mass is 637 g/mol. The summed E-state index contributed by atoms with van der Waals surface area (Å²) >= 11 is 11.6. The Morgan fingerprint density at radius 2 is 1.62 bits per heavy atom. The quantitative estimate of drug-likeness (QED) is 0.316. The molecule has 2 aliphatic heterocycles. The first-order valence-corrected chi connectivity index (χ1v) is 14.0. The predicted octanol–water partition coefficient (Wildman–Crippen LogP) is 6.51. The Morgan fingerprint density at radius 3 is 2.31 bits per heavy atom. The average molecular weight is 639 g/mol. The molecule has 0 spiro atoms. The van der Waals surface area contributed by atoms with Crippen LogP contribution in [0.15, 0.2) is 66.7 Å². The molecular weight excluding hydrogens is 605 g/mol. The Balaban J connectivity index is 0.000000275. The van der Waals surface area contributed by atoms with Crippen molar-refractivity contribution < 1.29 is 28.5 Å². The van der Waals surface area contributed by atoms with E-state index in [1.165, 1.54) is 5.56 Å². The van der Waals surface area contributed by atoms with Gasteiger partial charge in [-0.05, 0) is 74.0 Å². The summed E-state index contributed by atoms with van der Waals surface area (Å²) in [4.78, 5) is 27.7. The van der Waals surface area contributed by atoms with Gasteiger partial charge in [0.2, 0.25) is 6.79 Å². The fraction of sp³-hybridized carbons (Fsp3) is 0.333. The summed E-state index contributed by atoms with van der Waals surface area (Å²) < 4.78 is 21.2. The van der Waals surface area contributed by atoms with Crippen molar-refractivity contribution in [2.45, 2.75) is 26.5 Å². The first-order chi connectivity index (χ1) is 19.7. The molecule has 0 saturated carbocycles. The fourth-order valence-electron chi connectivity index (χ4n) is 4.15. The Hall–Kier alpha value is -3.37. The van der Waals surface area contributed by atoms with E-state index in [2.05, 4.69) is 16.3 Å². The van der Waals surface area contributed by atoms with Crippen LogP contribution in [0, 0.1) is 0 Å². The smallest absolute Gasteiger partial charge is 0.411 e. The third-order valence-electron chi connectivity index (χ3n) is 6.16. The molecule has 1 fully saturated rings. The van der Waals surface area contributed by atoms with Crippen LogP contribution in [0.3, 0.4) is 0 Å². The van der Waals surface area contributed by atoms with Crippen LogP contribution in [0.4, 0.5) is 10.5 Å². The summed E-state index contributed by atoms with van der Waals surface area (Å²) in [5, 5.41) is 3.79. The number of halogens is 3. The number of carbonyl (C=O) groups excluding carboxylic acids is 2. The van der Waals surface area contributed by atoms with Crippen molar-refractivity contribution in [1.82, 2.24) is 9.80 Å². The number of hydrogen-bond acceptors (Lipinski definition) is 7. The zero-order chi connectivity index (χ0) is 29.2. The Kier molecular flexibility index (Phi) is 12.9. The summed E-state index contributed by atoms with van der Waals surface area (Å²) in [5.41, 5.74) is 1.81. The minimum absolute atomic E-state index is 0. The molecule has 3 aromatic carbocycles. The first kappa shape index (κ1) is 33.1. The molecule has 1 saturated heterocycles. The number of hydrogen-bond donors (Lipinski definition) is 1. The van der Waals surface area contributed by atoms with E-state index in [1.807, 2.05) is 17.0 Å². The van der Waals surface area contributed by atoms with E-state index in [0.29, 0.717) is 34.6 Å². The van der Waals surface area contributed by atoms with Crippen LogP contribution < -0.4 is 19.5 Å². The molecule has 2 amide bonds. The van der Waals surface area contributed by atoms with Crippen molar-refractivity contribution in [2.24, 2.45) is 0 Å². The summed E-state index contributed by atoms with van der Waals surface area (Å²) in [5.74, 6) is 2.26. The largest absolute Gasteiger partial charge is 0.484 e. The number of nitrogens with zero attached hydrogens (tertiary/aromatic N) is 2. The highest BCUT2D eigenvalue weighted by atomic mass is 35.5. The van der Waals surface area contributed by atoms with Gasteiger partial charge in [-0.15, -0.1) is 12.4 Å². The van der Waals surface area contributed by atoms with Gasteiger partial charge >= 0.3 is 6.09 Å². The molecule has 0 aliphatic carbocycles. The van der Waals surface area contributed by atoms with E-state index < -0.39 is 6.09 Å². The number of rotatable bonds is 7. The van der Waals surface area contributed by atoms with Crippen molar-refractivity contribution in [3.63, 3.8) is 0 Å². The molecule has 0 bridgehead atoms. The van der Waals surface area contributed by atoms with Crippen LogP contribution in [0.25, 0.3) is 0 Å². The number of piperazine rings is 1. The maximum atomic E-state index is 12.4. The third kappa shape index (κ3) is 10.5. The highest BCUT2D eigenvalue weighted by Gasteiger charge is 2.22. The summed E-state index contributed by atoms with van der Waals surface area (Å²) in [6.07, 6.45) is -0.601. The highest BCUT2D eigenvalue weighted by Crippen LogP contribution is 2.32. The van der Waals surface area contributed by atoms with Gasteiger partial charge in [0.05, 0.1) is 6.10 Å². The first-order valence-electron chi connectivity index (χ1n) is 13.3. The SMILES string of the molecule is CC(C)OC(=O)Nc1cccc(Cl)c1.Cl.O=C(COc1ccc(Cl)cc1)N1CCN(Cc2ccc3c(c2)OCO3)CC1. The highest BCUT2D eigenvalue weighted by molar-refractivity contribution is 6.31. The van der Waals surface area contributed by atoms with Crippen molar-refractivity contribution in [3.05, 3.63) is 82.3 Å². The van der Waals surface area contributed by atoms with E-state index in [-0.39, 0.29) is 37.8 Å². The lowest BCUT2D eigenvalue weighted by atomic mass is 10.1. The minimum Gasteiger partial charge on any atom is -0.484 e. The topological polar surface area (TPSA) is 89.6 Å². The van der Waals surface area contributed by atoms with E-state index in [9.17, 15) is 9.59 Å². The lowest BCUT2D eigenvalue weighted by Crippen LogP contribution is -2.49. The molecule has 0 aromatic heterocycles. The number of nitrogens with one attached hydrogen (secondary N) is 1. The molecule has 9 nitrogen and oxygen atoms in total. The van der Waals surface area contributed by atoms with Crippen molar-refractivity contribution >= 4 is 53.3 Å². The molecule has 0 atom stereocenters. The molecular formula is C30H34Cl3N3O6. The number of carbonyl (C=O) groups is 2. The van der Waals surface area contributed by atoms with Crippen LogP contribution in [0.2, 0.25) is 10.0 Å². The Morgan fingerprint density at radius 1 is 0.905 bits per heavy atom. The van der Waals surface area contributed by atoms with Crippen molar-refractivity contribution in [2.75, 3.05) is 44.9 Å². The van der Waals surface area contributed by atoms with Gasteiger partial charge in [-0.25, -0.2) is 4.79 Å². The second kappa shape index (κ2) is 16.3. The average Bonchev–Trinajstić information content (AvgIpc) is 3.41. The van der Waals surface area contributed by atoms with Gasteiger partial charge in [-0.3, -0.25) is 15.0 Å². The molecule has 226 valence electrons. The molecule has 0 radical (unpaired) electrons. The molecule has 12 heteroatoms. The van der Waals surface area contributed by atoms with Crippen LogP contribution >= 0.6 is 35.6 Å².